The van der Waals surface area contributed by atoms with Gasteiger partial charge in [0.15, 0.2) is 9.84 Å². The number of nitriles is 1. The Hall–Kier alpha value is -2.11. The molecule has 0 heterocycles. The number of nitrogens with zero attached hydrogens (tertiary/aromatic N) is 2. The molecule has 33 heavy (non-hydrogen) atoms. The maximum Gasteiger partial charge on any atom is 0.222 e. The number of hydrogen-bond acceptors (Lipinski definition) is 5. The highest BCUT2D eigenvalue weighted by Crippen LogP contribution is 2.32. The molecule has 9 heteroatoms. The van der Waals surface area contributed by atoms with Crippen LogP contribution in [0.2, 0.25) is 10.0 Å². The summed E-state index contributed by atoms with van der Waals surface area (Å²) in [6, 6.07) is 13.9. The minimum absolute atomic E-state index is 0.00696. The summed E-state index contributed by atoms with van der Waals surface area (Å²) >= 11 is 12.3. The molecule has 2 atom stereocenters. The zero-order valence-electron chi connectivity index (χ0n) is 18.4. The number of nitrogens with one attached hydrogen (secondary N) is 1. The topological polar surface area (TPSA) is 90.3 Å². The molecular weight excluding hydrogens is 481 g/mol. The molecule has 2 unspecified atom stereocenters. The van der Waals surface area contributed by atoms with Gasteiger partial charge in [-0.05, 0) is 55.5 Å². The van der Waals surface area contributed by atoms with E-state index >= 15 is 0 Å². The molecule has 1 saturated carbocycles. The van der Waals surface area contributed by atoms with Gasteiger partial charge in [0.2, 0.25) is 5.91 Å². The Morgan fingerprint density at radius 2 is 1.91 bits per heavy atom. The van der Waals surface area contributed by atoms with E-state index in [1.165, 1.54) is 6.07 Å². The Bertz CT molecular complexity index is 1130. The van der Waals surface area contributed by atoms with Crippen molar-refractivity contribution in [3.8, 4) is 6.07 Å². The number of hydrogen-bond donors (Lipinski definition) is 1. The quantitative estimate of drug-likeness (QED) is 0.569. The molecule has 6 nitrogen and oxygen atoms in total. The van der Waals surface area contributed by atoms with Gasteiger partial charge in [-0.1, -0.05) is 47.8 Å². The summed E-state index contributed by atoms with van der Waals surface area (Å²) in [5.74, 6) is -0.356. The fraction of sp³-hybridized carbons (Fsp3) is 0.417. The molecule has 2 aromatic carbocycles. The van der Waals surface area contributed by atoms with Crippen LogP contribution in [0.3, 0.4) is 0 Å². The second kappa shape index (κ2) is 11.3. The monoisotopic (exact) mass is 507 g/mol. The average molecular weight is 508 g/mol. The number of carbonyl (C=O) groups excluding carboxylic acids is 1. The normalized spacial score (nSPS) is 18.6. The molecule has 0 bridgehead atoms. The van der Waals surface area contributed by atoms with Gasteiger partial charge in [-0.2, -0.15) is 5.26 Å². The van der Waals surface area contributed by atoms with Gasteiger partial charge in [0, 0.05) is 25.6 Å². The first-order valence-electron chi connectivity index (χ1n) is 10.9. The number of amides is 1. The van der Waals surface area contributed by atoms with Crippen molar-refractivity contribution in [1.29, 1.82) is 5.26 Å². The van der Waals surface area contributed by atoms with Crippen LogP contribution in [0.15, 0.2) is 47.4 Å². The van der Waals surface area contributed by atoms with Gasteiger partial charge in [-0.15, -0.1) is 0 Å². The molecule has 1 fully saturated rings. The zero-order valence-corrected chi connectivity index (χ0v) is 20.8. The van der Waals surface area contributed by atoms with E-state index in [0.717, 1.165) is 24.8 Å². The summed E-state index contributed by atoms with van der Waals surface area (Å²) in [5, 5.41) is 11.9. The lowest BCUT2D eigenvalue weighted by Crippen LogP contribution is -2.45. The fourth-order valence-corrected chi connectivity index (χ4v) is 6.61. The Balaban J connectivity index is 1.84. The van der Waals surface area contributed by atoms with Crippen molar-refractivity contribution in [2.45, 2.75) is 43.0 Å². The molecule has 2 aromatic rings. The molecular formula is C24H27Cl2N3O3S. The molecule has 1 amide bonds. The highest BCUT2D eigenvalue weighted by molar-refractivity contribution is 7.91. The highest BCUT2D eigenvalue weighted by Gasteiger charge is 2.33. The van der Waals surface area contributed by atoms with Crippen molar-refractivity contribution < 1.29 is 13.2 Å². The second-order valence-corrected chi connectivity index (χ2v) is 11.0. The Morgan fingerprint density at radius 3 is 2.58 bits per heavy atom. The molecule has 176 valence electrons. The van der Waals surface area contributed by atoms with E-state index < -0.39 is 9.84 Å². The van der Waals surface area contributed by atoms with E-state index in [4.69, 9.17) is 28.5 Å². The summed E-state index contributed by atoms with van der Waals surface area (Å²) in [6.07, 6.45) is 3.69. The summed E-state index contributed by atoms with van der Waals surface area (Å²) in [4.78, 5) is 14.2. The fourth-order valence-electron chi connectivity index (χ4n) is 4.32. The van der Waals surface area contributed by atoms with Gasteiger partial charge in [0.1, 0.15) is 5.88 Å². The Morgan fingerprint density at radius 1 is 1.18 bits per heavy atom. The second-order valence-electron chi connectivity index (χ2n) is 8.30. The van der Waals surface area contributed by atoms with Crippen molar-refractivity contribution in [3.63, 3.8) is 0 Å². The van der Waals surface area contributed by atoms with Gasteiger partial charge in [0.05, 0.1) is 26.6 Å². The number of rotatable bonds is 8. The first kappa shape index (κ1) is 25.5. The Labute approximate surface area is 205 Å². The molecule has 3 rings (SSSR count). The summed E-state index contributed by atoms with van der Waals surface area (Å²) < 4.78 is 26.6. The standard InChI is InChI=1S/C24H27Cl2N3O3S/c1-28-24(30)19-4-2-5-20(14-19)29(13-12-17-8-10-18(15-27)11-9-17)16-33(31,32)22-7-3-6-21(25)23(22)26/h3,6-11,19-20H,2,4-5,12-14,16H2,1H3,(H,28,30). The van der Waals surface area contributed by atoms with E-state index in [9.17, 15) is 13.2 Å². The largest absolute Gasteiger partial charge is 0.359 e. The number of halogens is 2. The molecule has 1 aliphatic carbocycles. The average Bonchev–Trinajstić information content (AvgIpc) is 2.83. The minimum atomic E-state index is -3.75. The van der Waals surface area contributed by atoms with Crippen molar-refractivity contribution in [3.05, 3.63) is 63.6 Å². The number of sulfone groups is 1. The molecule has 1 aliphatic rings. The summed E-state index contributed by atoms with van der Waals surface area (Å²) in [7, 11) is -2.13. The van der Waals surface area contributed by atoms with E-state index in [0.29, 0.717) is 24.9 Å². The smallest absolute Gasteiger partial charge is 0.222 e. The Kier molecular flexibility index (Phi) is 8.77. The molecule has 0 spiro atoms. The van der Waals surface area contributed by atoms with Crippen molar-refractivity contribution in [1.82, 2.24) is 10.2 Å². The minimum Gasteiger partial charge on any atom is -0.359 e. The lowest BCUT2D eigenvalue weighted by atomic mass is 9.84. The number of benzene rings is 2. The van der Waals surface area contributed by atoms with Crippen LogP contribution in [-0.4, -0.2) is 44.7 Å². The lowest BCUT2D eigenvalue weighted by Gasteiger charge is -2.37. The zero-order chi connectivity index (χ0) is 24.0. The van der Waals surface area contributed by atoms with Crippen LogP contribution in [0.5, 0.6) is 0 Å². The van der Waals surface area contributed by atoms with E-state index in [-0.39, 0.29) is 38.7 Å². The van der Waals surface area contributed by atoms with Gasteiger partial charge >= 0.3 is 0 Å². The molecule has 1 N–H and O–H groups in total. The van der Waals surface area contributed by atoms with Crippen LogP contribution in [0.1, 0.15) is 36.8 Å². The highest BCUT2D eigenvalue weighted by atomic mass is 35.5. The molecule has 0 saturated heterocycles. The third kappa shape index (κ3) is 6.48. The maximum atomic E-state index is 13.3. The van der Waals surface area contributed by atoms with E-state index in [1.807, 2.05) is 17.0 Å². The van der Waals surface area contributed by atoms with Gasteiger partial charge in [0.25, 0.3) is 0 Å². The van der Waals surface area contributed by atoms with Gasteiger partial charge in [-0.3, -0.25) is 9.69 Å². The van der Waals surface area contributed by atoms with Crippen LogP contribution in [0.4, 0.5) is 0 Å². The maximum absolute atomic E-state index is 13.3. The molecule has 0 aliphatic heterocycles. The third-order valence-corrected chi connectivity index (χ3v) is 8.75. The van der Waals surface area contributed by atoms with Crippen molar-refractivity contribution in [2.24, 2.45) is 5.92 Å². The van der Waals surface area contributed by atoms with Crippen LogP contribution in [0.25, 0.3) is 0 Å². The number of carbonyl (C=O) groups is 1. The van der Waals surface area contributed by atoms with Crippen molar-refractivity contribution in [2.75, 3.05) is 19.5 Å². The van der Waals surface area contributed by atoms with Gasteiger partial charge in [-0.25, -0.2) is 8.42 Å². The first-order chi connectivity index (χ1) is 15.7. The molecule has 0 aromatic heterocycles. The van der Waals surface area contributed by atoms with Crippen LogP contribution >= 0.6 is 23.2 Å². The lowest BCUT2D eigenvalue weighted by molar-refractivity contribution is -0.126. The van der Waals surface area contributed by atoms with Gasteiger partial charge < -0.3 is 5.32 Å². The van der Waals surface area contributed by atoms with Crippen molar-refractivity contribution >= 4 is 38.9 Å². The third-order valence-electron chi connectivity index (χ3n) is 6.14. The van der Waals surface area contributed by atoms with Crippen LogP contribution in [0, 0.1) is 17.2 Å². The SMILES string of the molecule is CNC(=O)C1CCCC(N(CCc2ccc(C#N)cc2)CS(=O)(=O)c2cccc(Cl)c2Cl)C1. The summed E-state index contributed by atoms with van der Waals surface area (Å²) in [6.45, 7) is 0.494. The first-order valence-corrected chi connectivity index (χ1v) is 13.3. The van der Waals surface area contributed by atoms with E-state index in [1.54, 1.807) is 31.3 Å². The predicted molar refractivity (Wildman–Crippen MR) is 130 cm³/mol. The predicted octanol–water partition coefficient (Wildman–Crippen LogP) is 4.45. The van der Waals surface area contributed by atoms with Crippen LogP contribution < -0.4 is 5.32 Å². The summed E-state index contributed by atoms with van der Waals surface area (Å²) in [5.41, 5.74) is 1.59. The van der Waals surface area contributed by atoms with E-state index in [2.05, 4.69) is 11.4 Å². The molecule has 0 radical (unpaired) electrons. The van der Waals surface area contributed by atoms with Crippen LogP contribution in [-0.2, 0) is 21.1 Å².